The van der Waals surface area contributed by atoms with Crippen LogP contribution in [-0.2, 0) is 0 Å². The second-order valence-electron chi connectivity index (χ2n) is 22.2. The van der Waals surface area contributed by atoms with Gasteiger partial charge in [-0.3, -0.25) is 9.97 Å². The Morgan fingerprint density at radius 3 is 1.16 bits per heavy atom. The van der Waals surface area contributed by atoms with Gasteiger partial charge in [0.25, 0.3) is 0 Å². The third kappa shape index (κ3) is 11.5. The fourth-order valence-electron chi connectivity index (χ4n) is 12.2. The molecule has 0 fully saturated rings. The average molecular weight is 1220 g/mol. The van der Waals surface area contributed by atoms with Gasteiger partial charge in [0.2, 0.25) is 0 Å². The van der Waals surface area contributed by atoms with E-state index in [-0.39, 0.29) is 0 Å². The van der Waals surface area contributed by atoms with Crippen LogP contribution in [0.1, 0.15) is 158 Å². The van der Waals surface area contributed by atoms with Crippen LogP contribution >= 0.6 is 91.5 Å². The Morgan fingerprint density at radius 2 is 0.797 bits per heavy atom. The maximum atomic E-state index is 5.41. The van der Waals surface area contributed by atoms with Crippen LogP contribution in [-0.4, -0.2) is 61.7 Å². The molecule has 11 rings (SSSR count). The number of unbranched alkanes of at least 4 members (excludes halogenated alkanes) is 6. The summed E-state index contributed by atoms with van der Waals surface area (Å²) >= 11 is 14.2. The molecule has 2 atom stereocenters. The maximum Gasteiger partial charge on any atom is 0.132 e. The molecule has 79 heavy (non-hydrogen) atoms. The molecule has 0 saturated carbocycles. The Morgan fingerprint density at radius 1 is 0.418 bits per heavy atom. The van der Waals surface area contributed by atoms with E-state index in [1.807, 2.05) is 68.0 Å². The van der Waals surface area contributed by atoms with Crippen molar-refractivity contribution in [2.45, 2.75) is 170 Å². The van der Waals surface area contributed by atoms with Gasteiger partial charge in [0.1, 0.15) is 41.5 Å². The number of thiophene rings is 6. The largest absolute Gasteiger partial charge is 0.363 e. The predicted molar refractivity (Wildman–Crippen MR) is 359 cm³/mol. The number of aromatic nitrogens is 6. The Bertz CT molecular complexity index is 3310. The summed E-state index contributed by atoms with van der Waals surface area (Å²) in [5.74, 6) is 1.36. The van der Waals surface area contributed by atoms with Crippen molar-refractivity contribution in [1.29, 1.82) is 0 Å². The van der Waals surface area contributed by atoms with Gasteiger partial charge in [0, 0.05) is 88.0 Å². The standard InChI is InChI=1S/C62H78N8S8Si/c1-9-17-23-39(15-7)37-79(38-40(16-8)24-18-10-2)51-31-49(57-59-55(65-77-67-59)41(35-63-57)43-29-45-47(71-43)33-53(73-45)69(25-19-11-3)26-20-12-4)75-61(51)62-52(79)32-50(76-62)58-60-56(66-78-68-60)42(36-64-58)44-30-46-48(72-44)34-54(74-46)70(27-21-13-5)28-22-14-6/h29-36,39-40H,9-28,37-38H2,1-8H3. The highest BCUT2D eigenvalue weighted by atomic mass is 32.1. The van der Waals surface area contributed by atoms with Crippen LogP contribution in [0.4, 0.5) is 10.0 Å². The maximum absolute atomic E-state index is 5.41. The lowest BCUT2D eigenvalue weighted by atomic mass is 10.0. The van der Waals surface area contributed by atoms with Gasteiger partial charge >= 0.3 is 0 Å². The molecule has 1 aliphatic heterocycles. The van der Waals surface area contributed by atoms with Gasteiger partial charge in [-0.1, -0.05) is 132 Å². The minimum atomic E-state index is -2.38. The first-order chi connectivity index (χ1) is 38.8. The molecule has 0 aliphatic carbocycles. The summed E-state index contributed by atoms with van der Waals surface area (Å²) in [4.78, 5) is 23.9. The molecule has 2 unspecified atom stereocenters. The average Bonchev–Trinajstić information content (AvgIpc) is 4.51. The fourth-order valence-corrected chi connectivity index (χ4v) is 28.6. The Hall–Kier alpha value is -3.52. The van der Waals surface area contributed by atoms with Gasteiger partial charge in [-0.25, -0.2) is 0 Å². The van der Waals surface area contributed by atoms with E-state index in [0.29, 0.717) is 11.8 Å². The Labute approximate surface area is 502 Å². The van der Waals surface area contributed by atoms with E-state index >= 15 is 0 Å². The van der Waals surface area contributed by atoms with E-state index < -0.39 is 8.07 Å². The molecule has 0 N–H and O–H groups in total. The van der Waals surface area contributed by atoms with E-state index in [2.05, 4.69) is 114 Å². The molecule has 418 valence electrons. The minimum absolute atomic E-state index is 0.680. The topological polar surface area (TPSA) is 83.8 Å². The molecule has 0 bridgehead atoms. The number of nitrogens with zero attached hydrogens (tertiary/aromatic N) is 8. The summed E-state index contributed by atoms with van der Waals surface area (Å²) in [6.07, 6.45) is 24.1. The van der Waals surface area contributed by atoms with Gasteiger partial charge in [0.15, 0.2) is 0 Å². The van der Waals surface area contributed by atoms with Crippen molar-refractivity contribution in [3.8, 4) is 51.8 Å². The zero-order valence-corrected chi connectivity index (χ0v) is 55.2. The second-order valence-corrected chi connectivity index (χ2v) is 33.7. The minimum Gasteiger partial charge on any atom is -0.363 e. The molecule has 1 aliphatic rings. The van der Waals surface area contributed by atoms with Crippen LogP contribution < -0.4 is 20.2 Å². The molecule has 0 saturated heterocycles. The van der Waals surface area contributed by atoms with Crippen molar-refractivity contribution in [3.63, 3.8) is 0 Å². The molecule has 0 spiro atoms. The molecule has 0 aromatic carbocycles. The van der Waals surface area contributed by atoms with Gasteiger partial charge in [-0.15, -0.1) is 68.0 Å². The molecule has 10 aromatic rings. The molecule has 10 aromatic heterocycles. The third-order valence-electron chi connectivity index (χ3n) is 16.8. The highest BCUT2D eigenvalue weighted by Gasteiger charge is 2.50. The number of rotatable bonds is 30. The van der Waals surface area contributed by atoms with Crippen LogP contribution in [0.2, 0.25) is 12.1 Å². The van der Waals surface area contributed by atoms with Gasteiger partial charge < -0.3 is 9.80 Å². The first-order valence-corrected chi connectivity index (χ1v) is 38.6. The van der Waals surface area contributed by atoms with Crippen LogP contribution in [0.25, 0.3) is 92.6 Å². The lowest BCUT2D eigenvalue weighted by Crippen LogP contribution is -2.56. The first kappa shape index (κ1) is 57.3. The number of hydrogen-bond acceptors (Lipinski definition) is 16. The molecule has 8 nitrogen and oxygen atoms in total. The number of hydrogen-bond donors (Lipinski definition) is 0. The Kier molecular flexibility index (Phi) is 18.8. The van der Waals surface area contributed by atoms with E-state index in [1.54, 1.807) is 10.4 Å². The van der Waals surface area contributed by atoms with Crippen LogP contribution in [0.5, 0.6) is 0 Å². The van der Waals surface area contributed by atoms with Gasteiger partial charge in [-0.2, -0.15) is 17.5 Å². The lowest BCUT2D eigenvalue weighted by molar-refractivity contribution is 0.469. The quantitative estimate of drug-likeness (QED) is 0.0412. The molecular weight excluding hydrogens is 1140 g/mol. The normalized spacial score (nSPS) is 13.9. The van der Waals surface area contributed by atoms with Crippen molar-refractivity contribution in [1.82, 2.24) is 27.5 Å². The molecular formula is C62H78N8S8Si. The fraction of sp³-hybridized carbons (Fsp3) is 0.516. The van der Waals surface area contributed by atoms with Crippen molar-refractivity contribution in [2.24, 2.45) is 11.8 Å². The first-order valence-electron chi connectivity index (χ1n) is 29.9. The van der Waals surface area contributed by atoms with E-state index in [1.165, 1.54) is 196 Å². The van der Waals surface area contributed by atoms with Crippen molar-refractivity contribution < 1.29 is 0 Å². The smallest absolute Gasteiger partial charge is 0.132 e. The van der Waals surface area contributed by atoms with Crippen molar-refractivity contribution in [2.75, 3.05) is 36.0 Å². The summed E-state index contributed by atoms with van der Waals surface area (Å²) in [7, 11) is -2.38. The monoisotopic (exact) mass is 1220 g/mol. The second kappa shape index (κ2) is 26.0. The summed E-state index contributed by atoms with van der Waals surface area (Å²) < 4.78 is 25.6. The summed E-state index contributed by atoms with van der Waals surface area (Å²) in [5, 5.41) is 6.10. The molecule has 17 heteroatoms. The molecule has 11 heterocycles. The number of pyridine rings is 2. The van der Waals surface area contributed by atoms with E-state index in [9.17, 15) is 0 Å². The summed E-state index contributed by atoms with van der Waals surface area (Å²) in [6.45, 7) is 23.3. The highest BCUT2D eigenvalue weighted by Crippen LogP contribution is 2.51. The number of anilines is 2. The zero-order chi connectivity index (χ0) is 54.6. The number of fused-ring (bicyclic) bond motifs is 7. The lowest BCUT2D eigenvalue weighted by Gasteiger charge is -2.35. The summed E-state index contributed by atoms with van der Waals surface area (Å²) in [5.41, 5.74) is 7.97. The Balaban J connectivity index is 0.986. The van der Waals surface area contributed by atoms with E-state index in [0.717, 1.165) is 70.8 Å². The van der Waals surface area contributed by atoms with Crippen LogP contribution in [0, 0.1) is 11.8 Å². The van der Waals surface area contributed by atoms with Crippen LogP contribution in [0.3, 0.4) is 0 Å². The van der Waals surface area contributed by atoms with Gasteiger partial charge in [0.05, 0.1) is 43.2 Å². The predicted octanol–water partition coefficient (Wildman–Crippen LogP) is 20.6. The molecule has 0 amide bonds. The summed E-state index contributed by atoms with van der Waals surface area (Å²) in [6, 6.07) is 17.5. The zero-order valence-electron chi connectivity index (χ0n) is 47.7. The van der Waals surface area contributed by atoms with Gasteiger partial charge in [-0.05, 0) is 96.4 Å². The van der Waals surface area contributed by atoms with Crippen LogP contribution in [0.15, 0.2) is 48.8 Å². The van der Waals surface area contributed by atoms with E-state index in [4.69, 9.17) is 27.5 Å². The highest BCUT2D eigenvalue weighted by molar-refractivity contribution is 7.33. The van der Waals surface area contributed by atoms with Crippen molar-refractivity contribution in [3.05, 3.63) is 48.8 Å². The SMILES string of the molecule is CCCCC(CC)C[Si]1(CC(CC)CCCC)c2cc(-c3ncc(-c4cc5sc(N(CCCC)CCCC)cc5s4)c4nsnc34)sc2-c2sc(-c3ncc(-c4cc5sc(N(CCCC)CCCC)cc5s4)c4nsnc34)cc21. The third-order valence-corrected chi connectivity index (χ3v) is 30.8. The molecule has 0 radical (unpaired) electrons. The van der Waals surface area contributed by atoms with Crippen molar-refractivity contribution >= 4 is 161 Å².